The molecule has 0 spiro atoms. The molecule has 3 heteroatoms. The van der Waals surface area contributed by atoms with Crippen LogP contribution in [0.5, 0.6) is 0 Å². The van der Waals surface area contributed by atoms with Crippen molar-refractivity contribution in [2.24, 2.45) is 0 Å². The zero-order chi connectivity index (χ0) is 14.7. The fourth-order valence-corrected chi connectivity index (χ4v) is 2.41. The van der Waals surface area contributed by atoms with Gasteiger partial charge in [0.1, 0.15) is 0 Å². The van der Waals surface area contributed by atoms with Crippen molar-refractivity contribution in [2.45, 2.75) is 47.0 Å². The molecule has 1 heterocycles. The molecule has 1 aromatic heterocycles. The second-order valence-electron chi connectivity index (χ2n) is 5.34. The van der Waals surface area contributed by atoms with E-state index in [0.29, 0.717) is 5.56 Å². The maximum atomic E-state index is 12.5. The summed E-state index contributed by atoms with van der Waals surface area (Å²) in [5.41, 5.74) is 4.99. The number of carbonyl (C=O) groups is 1. The average molecular weight is 270 g/mol. The van der Waals surface area contributed by atoms with E-state index in [1.165, 1.54) is 5.56 Å². The third-order valence-corrected chi connectivity index (χ3v) is 3.71. The highest BCUT2D eigenvalue weighted by molar-refractivity contribution is 5.95. The molecule has 0 bridgehead atoms. The number of hydrogen-bond acceptors (Lipinski definition) is 2. The van der Waals surface area contributed by atoms with Crippen LogP contribution in [0.3, 0.4) is 0 Å². The van der Waals surface area contributed by atoms with E-state index in [1.54, 1.807) is 4.68 Å². The van der Waals surface area contributed by atoms with Gasteiger partial charge >= 0.3 is 0 Å². The van der Waals surface area contributed by atoms with Gasteiger partial charge in [0.2, 0.25) is 0 Å². The van der Waals surface area contributed by atoms with Gasteiger partial charge in [0.05, 0.1) is 5.69 Å². The molecule has 0 fully saturated rings. The van der Waals surface area contributed by atoms with Crippen molar-refractivity contribution in [3.63, 3.8) is 0 Å². The lowest BCUT2D eigenvalue weighted by Gasteiger charge is -2.05. The van der Waals surface area contributed by atoms with E-state index in [1.807, 2.05) is 45.0 Å². The standard InChI is InChI=1S/C17H22N2O/c1-5-6-7-16-13(3)18-19(14(16)4)17(20)15-10-8-12(2)9-11-15/h8-11H,5-7H2,1-4H3. The molecular weight excluding hydrogens is 248 g/mol. The van der Waals surface area contributed by atoms with Gasteiger partial charge in [-0.3, -0.25) is 4.79 Å². The Kier molecular flexibility index (Phi) is 4.38. The number of rotatable bonds is 4. The Bertz CT molecular complexity index is 609. The molecular formula is C17H22N2O. The number of unbranched alkanes of at least 4 members (excludes halogenated alkanes) is 1. The summed E-state index contributed by atoms with van der Waals surface area (Å²) >= 11 is 0. The summed E-state index contributed by atoms with van der Waals surface area (Å²) in [5, 5.41) is 4.43. The van der Waals surface area contributed by atoms with E-state index in [9.17, 15) is 4.79 Å². The number of nitrogens with zero attached hydrogens (tertiary/aromatic N) is 2. The molecule has 0 aliphatic heterocycles. The molecule has 106 valence electrons. The van der Waals surface area contributed by atoms with Crippen molar-refractivity contribution in [3.05, 3.63) is 52.3 Å². The van der Waals surface area contributed by atoms with Crippen LogP contribution in [-0.2, 0) is 6.42 Å². The quantitative estimate of drug-likeness (QED) is 0.846. The summed E-state index contributed by atoms with van der Waals surface area (Å²) in [5.74, 6) is -0.0478. The van der Waals surface area contributed by atoms with Crippen LogP contribution in [-0.4, -0.2) is 15.7 Å². The summed E-state index contributed by atoms with van der Waals surface area (Å²) < 4.78 is 1.55. The van der Waals surface area contributed by atoms with Gasteiger partial charge in [0.15, 0.2) is 0 Å². The first-order valence-electron chi connectivity index (χ1n) is 7.21. The highest BCUT2D eigenvalue weighted by Gasteiger charge is 2.17. The largest absolute Gasteiger partial charge is 0.278 e. The second-order valence-corrected chi connectivity index (χ2v) is 5.34. The molecule has 20 heavy (non-hydrogen) atoms. The molecule has 0 radical (unpaired) electrons. The molecule has 2 aromatic rings. The van der Waals surface area contributed by atoms with E-state index >= 15 is 0 Å². The van der Waals surface area contributed by atoms with Crippen LogP contribution >= 0.6 is 0 Å². The monoisotopic (exact) mass is 270 g/mol. The maximum absolute atomic E-state index is 12.5. The molecule has 2 rings (SSSR count). The van der Waals surface area contributed by atoms with Crippen LogP contribution in [0.2, 0.25) is 0 Å². The Labute approximate surface area is 120 Å². The normalized spacial score (nSPS) is 10.8. The van der Waals surface area contributed by atoms with Gasteiger partial charge in [-0.2, -0.15) is 5.10 Å². The molecule has 0 atom stereocenters. The van der Waals surface area contributed by atoms with E-state index in [2.05, 4.69) is 12.0 Å². The molecule has 0 amide bonds. The summed E-state index contributed by atoms with van der Waals surface area (Å²) in [6, 6.07) is 7.63. The zero-order valence-corrected chi connectivity index (χ0v) is 12.7. The van der Waals surface area contributed by atoms with Crippen LogP contribution in [0.25, 0.3) is 0 Å². The third-order valence-electron chi connectivity index (χ3n) is 3.71. The first-order chi connectivity index (χ1) is 9.54. The number of aryl methyl sites for hydroxylation is 2. The van der Waals surface area contributed by atoms with E-state index < -0.39 is 0 Å². The molecule has 1 aromatic carbocycles. The van der Waals surface area contributed by atoms with Gasteiger partial charge in [-0.05, 0) is 51.3 Å². The van der Waals surface area contributed by atoms with E-state index in [-0.39, 0.29) is 5.91 Å². The van der Waals surface area contributed by atoms with Crippen molar-refractivity contribution in [3.8, 4) is 0 Å². The van der Waals surface area contributed by atoms with Gasteiger partial charge in [-0.15, -0.1) is 0 Å². The molecule has 0 unspecified atom stereocenters. The zero-order valence-electron chi connectivity index (χ0n) is 12.7. The fourth-order valence-electron chi connectivity index (χ4n) is 2.41. The molecule has 0 aliphatic rings. The van der Waals surface area contributed by atoms with Crippen molar-refractivity contribution in [1.82, 2.24) is 9.78 Å². The maximum Gasteiger partial charge on any atom is 0.278 e. The van der Waals surface area contributed by atoms with Crippen molar-refractivity contribution in [2.75, 3.05) is 0 Å². The van der Waals surface area contributed by atoms with Crippen molar-refractivity contribution < 1.29 is 4.79 Å². The predicted molar refractivity (Wildman–Crippen MR) is 81.2 cm³/mol. The van der Waals surface area contributed by atoms with Gasteiger partial charge in [0.25, 0.3) is 5.91 Å². The molecule has 0 saturated carbocycles. The number of aromatic nitrogens is 2. The van der Waals surface area contributed by atoms with Gasteiger partial charge in [-0.1, -0.05) is 31.0 Å². The van der Waals surface area contributed by atoms with Crippen LogP contribution < -0.4 is 0 Å². The highest BCUT2D eigenvalue weighted by atomic mass is 16.2. The summed E-state index contributed by atoms with van der Waals surface area (Å²) in [7, 11) is 0. The lowest BCUT2D eigenvalue weighted by atomic mass is 10.1. The number of hydrogen-bond donors (Lipinski definition) is 0. The smallest absolute Gasteiger partial charge is 0.267 e. The Hall–Kier alpha value is -1.90. The Balaban J connectivity index is 2.33. The SMILES string of the molecule is CCCCc1c(C)nn(C(=O)c2ccc(C)cc2)c1C. The first-order valence-corrected chi connectivity index (χ1v) is 7.21. The molecule has 3 nitrogen and oxygen atoms in total. The molecule has 0 aliphatic carbocycles. The van der Waals surface area contributed by atoms with Crippen LogP contribution in [0.4, 0.5) is 0 Å². The van der Waals surface area contributed by atoms with Crippen molar-refractivity contribution >= 4 is 5.91 Å². The topological polar surface area (TPSA) is 34.9 Å². The Morgan fingerprint density at radius 1 is 1.15 bits per heavy atom. The summed E-state index contributed by atoms with van der Waals surface area (Å²) in [6.45, 7) is 8.15. The van der Waals surface area contributed by atoms with Crippen LogP contribution in [0.15, 0.2) is 24.3 Å². The molecule has 0 N–H and O–H groups in total. The Morgan fingerprint density at radius 3 is 2.40 bits per heavy atom. The van der Waals surface area contributed by atoms with Gasteiger partial charge < -0.3 is 0 Å². The highest BCUT2D eigenvalue weighted by Crippen LogP contribution is 2.17. The van der Waals surface area contributed by atoms with Crippen molar-refractivity contribution in [1.29, 1.82) is 0 Å². The summed E-state index contributed by atoms with van der Waals surface area (Å²) in [4.78, 5) is 12.5. The third kappa shape index (κ3) is 2.82. The van der Waals surface area contributed by atoms with Crippen LogP contribution in [0, 0.1) is 20.8 Å². The predicted octanol–water partition coefficient (Wildman–Crippen LogP) is 3.84. The van der Waals surface area contributed by atoms with Crippen LogP contribution in [0.1, 0.15) is 52.6 Å². The first kappa shape index (κ1) is 14.5. The number of benzene rings is 1. The second kappa shape index (κ2) is 6.04. The van der Waals surface area contributed by atoms with E-state index in [0.717, 1.165) is 36.2 Å². The number of carbonyl (C=O) groups excluding carboxylic acids is 1. The minimum Gasteiger partial charge on any atom is -0.267 e. The lowest BCUT2D eigenvalue weighted by molar-refractivity contribution is 0.0942. The lowest BCUT2D eigenvalue weighted by Crippen LogP contribution is -2.15. The average Bonchev–Trinajstić information content (AvgIpc) is 2.72. The molecule has 0 saturated heterocycles. The van der Waals surface area contributed by atoms with E-state index in [4.69, 9.17) is 0 Å². The fraction of sp³-hybridized carbons (Fsp3) is 0.412. The minimum atomic E-state index is -0.0478. The Morgan fingerprint density at radius 2 is 1.80 bits per heavy atom. The minimum absolute atomic E-state index is 0.0478. The van der Waals surface area contributed by atoms with Gasteiger partial charge in [0, 0.05) is 11.3 Å². The summed E-state index contributed by atoms with van der Waals surface area (Å²) in [6.07, 6.45) is 3.28. The van der Waals surface area contributed by atoms with Gasteiger partial charge in [-0.25, -0.2) is 4.68 Å².